The number of halogens is 3. The summed E-state index contributed by atoms with van der Waals surface area (Å²) in [4.78, 5) is 3.70. The molecule has 0 radical (unpaired) electrons. The molecule has 2 heterocycles. The maximum Gasteiger partial charge on any atom is 0.274 e. The lowest BCUT2D eigenvalue weighted by molar-refractivity contribution is 0.135. The summed E-state index contributed by atoms with van der Waals surface area (Å²) in [6, 6.07) is 7.20. The van der Waals surface area contributed by atoms with Crippen molar-refractivity contribution < 1.29 is 26.3 Å². The molecule has 0 N–H and O–H groups in total. The molecule has 5 nitrogen and oxygen atoms in total. The third-order valence-corrected chi connectivity index (χ3v) is 7.34. The number of sulfonamides is 1. The average Bonchev–Trinajstić information content (AvgIpc) is 3.05. The number of nitrogens with zero attached hydrogens (tertiary/aromatic N) is 2. The zero-order valence-electron chi connectivity index (χ0n) is 14.4. The lowest BCUT2D eigenvalue weighted by Crippen LogP contribution is -2.41. The van der Waals surface area contributed by atoms with Crippen molar-refractivity contribution in [3.05, 3.63) is 53.8 Å². The van der Waals surface area contributed by atoms with Crippen LogP contribution in [-0.2, 0) is 10.0 Å². The summed E-state index contributed by atoms with van der Waals surface area (Å²) in [5.74, 6) is -2.23. The fraction of sp³-hybridized carbons (Fsp3) is 0.278. The molecule has 0 spiro atoms. The van der Waals surface area contributed by atoms with Gasteiger partial charge in [0.2, 0.25) is 10.0 Å². The van der Waals surface area contributed by atoms with Gasteiger partial charge in [-0.2, -0.15) is 9.29 Å². The Morgan fingerprint density at radius 1 is 1.07 bits per heavy atom. The van der Waals surface area contributed by atoms with Crippen LogP contribution in [0.3, 0.4) is 0 Å². The molecule has 0 amide bonds. The maximum absolute atomic E-state index is 13.9. The first-order chi connectivity index (χ1) is 13.3. The predicted molar refractivity (Wildman–Crippen MR) is 98.3 cm³/mol. The molecule has 28 heavy (non-hydrogen) atoms. The molecule has 4 rings (SSSR count). The van der Waals surface area contributed by atoms with E-state index in [9.17, 15) is 21.6 Å². The van der Waals surface area contributed by atoms with E-state index in [1.54, 1.807) is 0 Å². The number of benzene rings is 2. The minimum absolute atomic E-state index is 0.0426. The molecule has 3 aromatic rings. The first-order valence-corrected chi connectivity index (χ1v) is 10.8. The highest BCUT2D eigenvalue weighted by molar-refractivity contribution is 7.89. The standard InChI is InChI=1S/C18H15F3N2O3S2/c19-11-9-14(21)17-15(10-11)27-18(22-17)26-12-5-7-23(8-6-12)28(24,25)16-4-2-1-3-13(16)20/h1-4,9-10,12H,5-8H2. The van der Waals surface area contributed by atoms with E-state index in [-0.39, 0.29) is 34.8 Å². The molecule has 1 saturated heterocycles. The third kappa shape index (κ3) is 3.59. The molecule has 148 valence electrons. The highest BCUT2D eigenvalue weighted by Crippen LogP contribution is 2.32. The van der Waals surface area contributed by atoms with Gasteiger partial charge < -0.3 is 4.74 Å². The van der Waals surface area contributed by atoms with Gasteiger partial charge in [-0.15, -0.1) is 0 Å². The fourth-order valence-corrected chi connectivity index (χ4v) is 5.57. The van der Waals surface area contributed by atoms with Crippen molar-refractivity contribution in [3.8, 4) is 5.19 Å². The van der Waals surface area contributed by atoms with Crippen LogP contribution in [0.5, 0.6) is 5.19 Å². The van der Waals surface area contributed by atoms with Gasteiger partial charge in [0.15, 0.2) is 5.82 Å². The molecule has 0 atom stereocenters. The number of ether oxygens (including phenoxy) is 1. The van der Waals surface area contributed by atoms with Gasteiger partial charge in [-0.3, -0.25) is 0 Å². The van der Waals surface area contributed by atoms with E-state index in [0.717, 1.165) is 23.5 Å². The van der Waals surface area contributed by atoms with E-state index < -0.39 is 27.5 Å². The van der Waals surface area contributed by atoms with Gasteiger partial charge in [-0.05, 0) is 31.0 Å². The van der Waals surface area contributed by atoms with Crippen molar-refractivity contribution in [3.63, 3.8) is 0 Å². The monoisotopic (exact) mass is 428 g/mol. The van der Waals surface area contributed by atoms with Crippen LogP contribution in [-0.4, -0.2) is 36.9 Å². The molecule has 10 heteroatoms. The van der Waals surface area contributed by atoms with Crippen LogP contribution in [0.1, 0.15) is 12.8 Å². The Labute approximate surface area is 163 Å². The summed E-state index contributed by atoms with van der Waals surface area (Å²) >= 11 is 1.03. The van der Waals surface area contributed by atoms with E-state index in [4.69, 9.17) is 4.74 Å². The van der Waals surface area contributed by atoms with Crippen LogP contribution in [0.4, 0.5) is 13.2 Å². The van der Waals surface area contributed by atoms with E-state index in [1.165, 1.54) is 28.6 Å². The predicted octanol–water partition coefficient (Wildman–Crippen LogP) is 3.95. The second-order valence-corrected chi connectivity index (χ2v) is 9.27. The molecular formula is C18H15F3N2O3S2. The summed E-state index contributed by atoms with van der Waals surface area (Å²) in [6.45, 7) is 0.324. The Bertz CT molecular complexity index is 1130. The number of rotatable bonds is 4. The van der Waals surface area contributed by atoms with E-state index in [0.29, 0.717) is 17.5 Å². The number of hydrogen-bond donors (Lipinski definition) is 0. The first kappa shape index (κ1) is 19.2. The Balaban J connectivity index is 1.45. The summed E-state index contributed by atoms with van der Waals surface area (Å²) < 4.78 is 73.5. The molecule has 0 saturated carbocycles. The summed E-state index contributed by atoms with van der Waals surface area (Å²) in [5.41, 5.74) is 0.0426. The zero-order chi connectivity index (χ0) is 19.9. The van der Waals surface area contributed by atoms with Crippen molar-refractivity contribution in [2.45, 2.75) is 23.8 Å². The van der Waals surface area contributed by atoms with Crippen LogP contribution in [0.2, 0.25) is 0 Å². The van der Waals surface area contributed by atoms with Crippen LogP contribution < -0.4 is 4.74 Å². The summed E-state index contributed by atoms with van der Waals surface area (Å²) in [5, 5.41) is 0.204. The van der Waals surface area contributed by atoms with Gasteiger partial charge in [0.1, 0.15) is 28.2 Å². The van der Waals surface area contributed by atoms with Crippen molar-refractivity contribution in [1.82, 2.24) is 9.29 Å². The van der Waals surface area contributed by atoms with Gasteiger partial charge in [-0.25, -0.2) is 21.6 Å². The van der Waals surface area contributed by atoms with Crippen LogP contribution in [0, 0.1) is 17.5 Å². The lowest BCUT2D eigenvalue weighted by atomic mass is 10.1. The largest absolute Gasteiger partial charge is 0.467 e. The number of thiazole rings is 1. The van der Waals surface area contributed by atoms with E-state index in [2.05, 4.69) is 4.98 Å². The van der Waals surface area contributed by atoms with E-state index in [1.807, 2.05) is 0 Å². The Hall–Kier alpha value is -2.17. The van der Waals surface area contributed by atoms with Crippen LogP contribution in [0.15, 0.2) is 41.3 Å². The molecule has 1 aromatic heterocycles. The van der Waals surface area contributed by atoms with Gasteiger partial charge in [0.05, 0.1) is 4.70 Å². The normalized spacial score (nSPS) is 16.5. The van der Waals surface area contributed by atoms with Gasteiger partial charge in [0.25, 0.3) is 5.19 Å². The lowest BCUT2D eigenvalue weighted by Gasteiger charge is -2.30. The van der Waals surface area contributed by atoms with Crippen molar-refractivity contribution in [1.29, 1.82) is 0 Å². The molecule has 0 aliphatic carbocycles. The molecule has 0 unspecified atom stereocenters. The Morgan fingerprint density at radius 3 is 2.50 bits per heavy atom. The van der Waals surface area contributed by atoms with Crippen molar-refractivity contribution in [2.24, 2.45) is 0 Å². The summed E-state index contributed by atoms with van der Waals surface area (Å²) in [7, 11) is -3.92. The molecule has 1 fully saturated rings. The minimum atomic E-state index is -3.92. The second-order valence-electron chi connectivity index (χ2n) is 6.37. The molecule has 2 aromatic carbocycles. The number of hydrogen-bond acceptors (Lipinski definition) is 5. The molecule has 1 aliphatic heterocycles. The van der Waals surface area contributed by atoms with Crippen molar-refractivity contribution >= 4 is 31.6 Å². The highest BCUT2D eigenvalue weighted by Gasteiger charge is 2.32. The minimum Gasteiger partial charge on any atom is -0.467 e. The van der Waals surface area contributed by atoms with Crippen LogP contribution >= 0.6 is 11.3 Å². The first-order valence-electron chi connectivity index (χ1n) is 8.51. The number of fused-ring (bicyclic) bond motifs is 1. The smallest absolute Gasteiger partial charge is 0.274 e. The maximum atomic E-state index is 13.9. The van der Waals surface area contributed by atoms with Gasteiger partial charge in [0, 0.05) is 19.2 Å². The Kier molecular flexibility index (Phi) is 5.02. The molecule has 0 bridgehead atoms. The van der Waals surface area contributed by atoms with E-state index >= 15 is 0 Å². The van der Waals surface area contributed by atoms with Gasteiger partial charge >= 0.3 is 0 Å². The van der Waals surface area contributed by atoms with Gasteiger partial charge in [-0.1, -0.05) is 23.5 Å². The zero-order valence-corrected chi connectivity index (χ0v) is 16.1. The summed E-state index contributed by atoms with van der Waals surface area (Å²) in [6.07, 6.45) is 0.432. The topological polar surface area (TPSA) is 59.5 Å². The SMILES string of the molecule is O=S(=O)(c1ccccc1F)N1CCC(Oc2nc3c(F)cc(F)cc3s2)CC1. The fourth-order valence-electron chi connectivity index (χ4n) is 3.11. The average molecular weight is 428 g/mol. The second kappa shape index (κ2) is 7.34. The van der Waals surface area contributed by atoms with Crippen LogP contribution in [0.25, 0.3) is 10.2 Å². The third-order valence-electron chi connectivity index (χ3n) is 4.52. The molecular weight excluding hydrogens is 413 g/mol. The quantitative estimate of drug-likeness (QED) is 0.632. The Morgan fingerprint density at radius 2 is 1.79 bits per heavy atom. The molecule has 1 aliphatic rings. The number of piperidine rings is 1. The highest BCUT2D eigenvalue weighted by atomic mass is 32.2. The number of aromatic nitrogens is 1. The van der Waals surface area contributed by atoms with Crippen molar-refractivity contribution in [2.75, 3.05) is 13.1 Å².